The van der Waals surface area contributed by atoms with Gasteiger partial charge in [-0.05, 0) is 60.9 Å². The molecule has 154 valence electrons. The largest absolute Gasteiger partial charge is 0.497 e. The SMILES string of the molecule is COc1ccc(-n2ccc(CNC(=O)C(C)n3c(-c4cccs4)n[nH]c3=S)n2)cc1. The topological polar surface area (TPSA) is 89.8 Å². The Balaban J connectivity index is 1.44. The fourth-order valence-corrected chi connectivity index (χ4v) is 4.02. The first kappa shape index (κ1) is 20.0. The molecule has 0 saturated heterocycles. The molecule has 1 aromatic carbocycles. The van der Waals surface area contributed by atoms with Crippen molar-refractivity contribution >= 4 is 29.5 Å². The minimum atomic E-state index is -0.517. The van der Waals surface area contributed by atoms with Crippen LogP contribution in [-0.2, 0) is 11.3 Å². The zero-order chi connectivity index (χ0) is 21.1. The molecule has 1 atom stereocenters. The molecule has 2 N–H and O–H groups in total. The smallest absolute Gasteiger partial charge is 0.243 e. The number of aromatic amines is 1. The number of H-pyrrole nitrogens is 1. The van der Waals surface area contributed by atoms with E-state index in [4.69, 9.17) is 17.0 Å². The maximum Gasteiger partial charge on any atom is 0.243 e. The van der Waals surface area contributed by atoms with Crippen LogP contribution in [0.2, 0.25) is 0 Å². The highest BCUT2D eigenvalue weighted by atomic mass is 32.1. The van der Waals surface area contributed by atoms with Crippen LogP contribution in [0.5, 0.6) is 5.75 Å². The first-order valence-electron chi connectivity index (χ1n) is 9.24. The molecular weight excluding hydrogens is 420 g/mol. The van der Waals surface area contributed by atoms with E-state index < -0.39 is 6.04 Å². The molecule has 30 heavy (non-hydrogen) atoms. The summed E-state index contributed by atoms with van der Waals surface area (Å²) in [7, 11) is 1.63. The van der Waals surface area contributed by atoms with Crippen molar-refractivity contribution in [1.82, 2.24) is 29.9 Å². The van der Waals surface area contributed by atoms with Crippen molar-refractivity contribution in [2.75, 3.05) is 7.11 Å². The van der Waals surface area contributed by atoms with Crippen molar-refractivity contribution in [2.45, 2.75) is 19.5 Å². The summed E-state index contributed by atoms with van der Waals surface area (Å²) < 4.78 is 9.07. The summed E-state index contributed by atoms with van der Waals surface area (Å²) in [5.41, 5.74) is 1.66. The summed E-state index contributed by atoms with van der Waals surface area (Å²) in [6, 6.07) is 12.8. The molecule has 0 saturated carbocycles. The van der Waals surface area contributed by atoms with E-state index in [0.29, 0.717) is 17.1 Å². The number of nitrogens with zero attached hydrogens (tertiary/aromatic N) is 4. The zero-order valence-electron chi connectivity index (χ0n) is 16.4. The minimum Gasteiger partial charge on any atom is -0.497 e. The van der Waals surface area contributed by atoms with Gasteiger partial charge in [-0.25, -0.2) is 4.68 Å². The van der Waals surface area contributed by atoms with Crippen LogP contribution in [0.15, 0.2) is 54.0 Å². The first-order chi connectivity index (χ1) is 14.6. The maximum atomic E-state index is 12.8. The molecule has 0 radical (unpaired) electrons. The molecule has 0 aliphatic heterocycles. The Labute approximate surface area is 182 Å². The van der Waals surface area contributed by atoms with E-state index in [0.717, 1.165) is 22.0 Å². The minimum absolute atomic E-state index is 0.163. The van der Waals surface area contributed by atoms with Gasteiger partial charge in [-0.1, -0.05) is 6.07 Å². The van der Waals surface area contributed by atoms with Gasteiger partial charge in [-0.15, -0.1) is 11.3 Å². The van der Waals surface area contributed by atoms with Crippen LogP contribution in [-0.4, -0.2) is 37.6 Å². The van der Waals surface area contributed by atoms with E-state index in [1.165, 1.54) is 0 Å². The molecule has 8 nitrogen and oxygen atoms in total. The maximum absolute atomic E-state index is 12.8. The zero-order valence-corrected chi connectivity index (χ0v) is 18.0. The van der Waals surface area contributed by atoms with Crippen LogP contribution in [0.25, 0.3) is 16.4 Å². The number of thiophene rings is 1. The van der Waals surface area contributed by atoms with Crippen molar-refractivity contribution in [3.05, 3.63) is 64.5 Å². The van der Waals surface area contributed by atoms with Crippen molar-refractivity contribution in [3.63, 3.8) is 0 Å². The van der Waals surface area contributed by atoms with Gasteiger partial charge in [0.2, 0.25) is 5.91 Å². The van der Waals surface area contributed by atoms with Gasteiger partial charge in [0.1, 0.15) is 11.8 Å². The van der Waals surface area contributed by atoms with Crippen molar-refractivity contribution in [1.29, 1.82) is 0 Å². The predicted molar refractivity (Wildman–Crippen MR) is 117 cm³/mol. The van der Waals surface area contributed by atoms with Gasteiger partial charge in [0.05, 0.1) is 29.9 Å². The van der Waals surface area contributed by atoms with Crippen LogP contribution >= 0.6 is 23.6 Å². The lowest BCUT2D eigenvalue weighted by atomic mass is 10.3. The molecule has 3 heterocycles. The molecule has 4 aromatic rings. The number of rotatable bonds is 7. The van der Waals surface area contributed by atoms with E-state index in [2.05, 4.69) is 20.6 Å². The highest BCUT2D eigenvalue weighted by Gasteiger charge is 2.21. The van der Waals surface area contributed by atoms with E-state index in [9.17, 15) is 4.79 Å². The molecule has 10 heteroatoms. The van der Waals surface area contributed by atoms with E-state index in [1.807, 2.05) is 54.0 Å². The van der Waals surface area contributed by atoms with Gasteiger partial charge in [0.15, 0.2) is 10.6 Å². The molecule has 3 aromatic heterocycles. The average Bonchev–Trinajstić information content (AvgIpc) is 3.52. The van der Waals surface area contributed by atoms with Crippen LogP contribution in [0, 0.1) is 4.77 Å². The Morgan fingerprint density at radius 1 is 1.30 bits per heavy atom. The quantitative estimate of drug-likeness (QED) is 0.427. The van der Waals surface area contributed by atoms with Crippen LogP contribution in [0.4, 0.5) is 0 Å². The van der Waals surface area contributed by atoms with Gasteiger partial charge in [-0.3, -0.25) is 14.5 Å². The third-order valence-electron chi connectivity index (χ3n) is 4.64. The fourth-order valence-electron chi connectivity index (χ4n) is 3.02. The van der Waals surface area contributed by atoms with Crippen LogP contribution in [0.1, 0.15) is 18.7 Å². The molecule has 1 unspecified atom stereocenters. The number of carbonyl (C=O) groups is 1. The second kappa shape index (κ2) is 8.64. The second-order valence-electron chi connectivity index (χ2n) is 6.54. The van der Waals surface area contributed by atoms with Gasteiger partial charge in [0.25, 0.3) is 0 Å². The number of hydrogen-bond donors (Lipinski definition) is 2. The number of carbonyl (C=O) groups excluding carboxylic acids is 1. The lowest BCUT2D eigenvalue weighted by Gasteiger charge is -2.14. The summed E-state index contributed by atoms with van der Waals surface area (Å²) in [6.45, 7) is 2.11. The van der Waals surface area contributed by atoms with Crippen molar-refractivity contribution in [2.24, 2.45) is 0 Å². The van der Waals surface area contributed by atoms with E-state index in [-0.39, 0.29) is 5.91 Å². The van der Waals surface area contributed by atoms with E-state index in [1.54, 1.807) is 34.6 Å². The Bertz CT molecular complexity index is 1190. The number of amides is 1. The Hall–Kier alpha value is -3.24. The Morgan fingerprint density at radius 2 is 2.10 bits per heavy atom. The number of nitrogens with one attached hydrogen (secondary N) is 2. The van der Waals surface area contributed by atoms with Gasteiger partial charge < -0.3 is 10.1 Å². The highest BCUT2D eigenvalue weighted by Crippen LogP contribution is 2.25. The molecule has 4 rings (SSSR count). The van der Waals surface area contributed by atoms with Gasteiger partial charge >= 0.3 is 0 Å². The van der Waals surface area contributed by atoms with Crippen LogP contribution in [0.3, 0.4) is 0 Å². The monoisotopic (exact) mass is 440 g/mol. The standard InChI is InChI=1S/C20H20N6O2S2/c1-13(26-18(22-23-20(26)29)17-4-3-11-30-17)19(27)21-12-14-9-10-25(24-14)15-5-7-16(28-2)8-6-15/h3-11,13H,12H2,1-2H3,(H,21,27)(H,23,29). The predicted octanol–water partition coefficient (Wildman–Crippen LogP) is 3.74. The van der Waals surface area contributed by atoms with Crippen molar-refractivity contribution < 1.29 is 9.53 Å². The number of hydrogen-bond acceptors (Lipinski definition) is 6. The summed E-state index contributed by atoms with van der Waals surface area (Å²) in [4.78, 5) is 13.7. The number of aromatic nitrogens is 5. The molecule has 1 amide bonds. The normalized spacial score (nSPS) is 11.9. The Morgan fingerprint density at radius 3 is 2.80 bits per heavy atom. The van der Waals surface area contributed by atoms with Gasteiger partial charge in [-0.2, -0.15) is 10.2 Å². The molecule has 0 aliphatic carbocycles. The summed E-state index contributed by atoms with van der Waals surface area (Å²) in [5.74, 6) is 1.28. The summed E-state index contributed by atoms with van der Waals surface area (Å²) in [5, 5.41) is 16.5. The summed E-state index contributed by atoms with van der Waals surface area (Å²) in [6.07, 6.45) is 1.85. The lowest BCUT2D eigenvalue weighted by Crippen LogP contribution is -2.31. The first-order valence-corrected chi connectivity index (χ1v) is 10.5. The molecule has 0 spiro atoms. The molecule has 0 aliphatic rings. The Kier molecular flexibility index (Phi) is 5.77. The van der Waals surface area contributed by atoms with Gasteiger partial charge in [0, 0.05) is 6.20 Å². The average molecular weight is 441 g/mol. The second-order valence-corrected chi connectivity index (χ2v) is 7.88. The van der Waals surface area contributed by atoms with E-state index >= 15 is 0 Å². The van der Waals surface area contributed by atoms with Crippen LogP contribution < -0.4 is 10.1 Å². The highest BCUT2D eigenvalue weighted by molar-refractivity contribution is 7.71. The lowest BCUT2D eigenvalue weighted by molar-refractivity contribution is -0.124. The summed E-state index contributed by atoms with van der Waals surface area (Å²) >= 11 is 6.88. The molecular formula is C20H20N6O2S2. The third-order valence-corrected chi connectivity index (χ3v) is 5.79. The number of benzene rings is 1. The third kappa shape index (κ3) is 4.05. The fraction of sp³-hybridized carbons (Fsp3) is 0.200. The van der Waals surface area contributed by atoms with Crippen molar-refractivity contribution in [3.8, 4) is 22.1 Å². The molecule has 0 fully saturated rings. The number of methoxy groups -OCH3 is 1. The number of ether oxygens (including phenoxy) is 1. The molecule has 0 bridgehead atoms.